The van der Waals surface area contributed by atoms with Crippen molar-refractivity contribution in [2.75, 3.05) is 11.4 Å². The molecular formula is C40H29N3. The van der Waals surface area contributed by atoms with Gasteiger partial charge in [-0.2, -0.15) is 0 Å². The molecule has 0 N–H and O–H groups in total. The minimum absolute atomic E-state index is 0.668. The Balaban J connectivity index is 1.46. The molecule has 0 saturated heterocycles. The fraction of sp³-hybridized carbons (Fsp3) is 0.0250. The number of rotatable bonds is 3. The number of para-hydroxylation sites is 3. The van der Waals surface area contributed by atoms with Crippen molar-refractivity contribution < 1.29 is 0 Å². The van der Waals surface area contributed by atoms with E-state index in [2.05, 4.69) is 168 Å². The maximum Gasteiger partial charge on any atom is 0.134 e. The zero-order chi connectivity index (χ0) is 28.8. The van der Waals surface area contributed by atoms with E-state index in [1.54, 1.807) is 0 Å². The van der Waals surface area contributed by atoms with Gasteiger partial charge in [-0.1, -0.05) is 122 Å². The standard InChI is InChI=1S/C40H29N3/c1-28-15-5-4-14-26-42(38-27-34(29-16-6-2-7-17-29)31-20-10-12-22-35(31)41-38)37-25-24-33-32-21-11-13-23-36(32)43(40(33)39(28)37)30-18-8-3-9-19-30/h2-25,27H,1,26H2/b14-4-,15-5-. The van der Waals surface area contributed by atoms with E-state index in [-0.39, 0.29) is 0 Å². The van der Waals surface area contributed by atoms with Gasteiger partial charge in [-0.15, -0.1) is 0 Å². The van der Waals surface area contributed by atoms with Gasteiger partial charge < -0.3 is 9.47 Å². The summed E-state index contributed by atoms with van der Waals surface area (Å²) in [5.74, 6) is 0.903. The van der Waals surface area contributed by atoms with E-state index in [1.165, 1.54) is 27.4 Å². The first kappa shape index (κ1) is 25.1. The molecule has 43 heavy (non-hydrogen) atoms. The molecule has 0 fully saturated rings. The summed E-state index contributed by atoms with van der Waals surface area (Å²) in [5, 5.41) is 3.57. The van der Waals surface area contributed by atoms with Crippen LogP contribution in [0.1, 0.15) is 5.56 Å². The van der Waals surface area contributed by atoms with Crippen LogP contribution in [0.25, 0.3) is 55.1 Å². The van der Waals surface area contributed by atoms with E-state index in [0.717, 1.165) is 44.7 Å². The monoisotopic (exact) mass is 551 g/mol. The first-order valence-corrected chi connectivity index (χ1v) is 14.6. The number of benzene rings is 5. The first-order chi connectivity index (χ1) is 21.3. The highest BCUT2D eigenvalue weighted by atomic mass is 15.2. The van der Waals surface area contributed by atoms with Gasteiger partial charge in [0.05, 0.1) is 22.2 Å². The molecule has 0 unspecified atom stereocenters. The maximum atomic E-state index is 5.25. The van der Waals surface area contributed by atoms with Crippen LogP contribution in [0.15, 0.2) is 158 Å². The number of allylic oxidation sites excluding steroid dienone is 4. The van der Waals surface area contributed by atoms with Crippen LogP contribution in [0, 0.1) is 0 Å². The average Bonchev–Trinajstić information content (AvgIpc) is 3.43. The van der Waals surface area contributed by atoms with Crippen LogP contribution >= 0.6 is 0 Å². The Kier molecular flexibility index (Phi) is 6.01. The van der Waals surface area contributed by atoms with Gasteiger partial charge >= 0.3 is 0 Å². The lowest BCUT2D eigenvalue weighted by molar-refractivity contribution is 1.06. The van der Waals surface area contributed by atoms with Gasteiger partial charge in [0.2, 0.25) is 0 Å². The molecule has 7 aromatic rings. The predicted octanol–water partition coefficient (Wildman–Crippen LogP) is 10.3. The molecule has 3 heterocycles. The van der Waals surface area contributed by atoms with Gasteiger partial charge in [0, 0.05) is 34.0 Å². The summed E-state index contributed by atoms with van der Waals surface area (Å²) in [4.78, 5) is 7.58. The van der Waals surface area contributed by atoms with Crippen LogP contribution in [-0.2, 0) is 0 Å². The summed E-state index contributed by atoms with van der Waals surface area (Å²) in [7, 11) is 0. The lowest BCUT2D eigenvalue weighted by Crippen LogP contribution is -2.20. The van der Waals surface area contributed by atoms with Crippen LogP contribution in [0.4, 0.5) is 11.5 Å². The zero-order valence-electron chi connectivity index (χ0n) is 23.7. The van der Waals surface area contributed by atoms with Crippen LogP contribution in [-0.4, -0.2) is 16.1 Å². The van der Waals surface area contributed by atoms with Crippen molar-refractivity contribution in [2.24, 2.45) is 0 Å². The summed E-state index contributed by atoms with van der Waals surface area (Å²) in [5.41, 5.74) is 9.91. The zero-order valence-corrected chi connectivity index (χ0v) is 23.7. The molecule has 8 rings (SSSR count). The van der Waals surface area contributed by atoms with Crippen LogP contribution in [0.2, 0.25) is 0 Å². The highest BCUT2D eigenvalue weighted by Crippen LogP contribution is 2.43. The molecule has 5 aromatic carbocycles. The van der Waals surface area contributed by atoms with Crippen molar-refractivity contribution in [3.05, 3.63) is 164 Å². The van der Waals surface area contributed by atoms with Crippen molar-refractivity contribution in [3.63, 3.8) is 0 Å². The lowest BCUT2D eigenvalue weighted by Gasteiger charge is -2.27. The van der Waals surface area contributed by atoms with E-state index >= 15 is 0 Å². The Bertz CT molecular complexity index is 2220. The minimum atomic E-state index is 0.668. The van der Waals surface area contributed by atoms with Crippen molar-refractivity contribution in [1.82, 2.24) is 9.55 Å². The maximum absolute atomic E-state index is 5.25. The summed E-state index contributed by atoms with van der Waals surface area (Å²) >= 11 is 0. The number of fused-ring (bicyclic) bond motifs is 6. The number of pyridine rings is 1. The molecule has 0 bridgehead atoms. The molecule has 1 aliphatic heterocycles. The minimum Gasteiger partial charge on any atom is -0.322 e. The third-order valence-electron chi connectivity index (χ3n) is 8.34. The second-order valence-electron chi connectivity index (χ2n) is 10.9. The molecule has 204 valence electrons. The fourth-order valence-corrected chi connectivity index (χ4v) is 6.41. The van der Waals surface area contributed by atoms with Crippen molar-refractivity contribution in [1.29, 1.82) is 0 Å². The molecule has 0 amide bonds. The van der Waals surface area contributed by atoms with Crippen molar-refractivity contribution >= 4 is 49.8 Å². The quantitative estimate of drug-likeness (QED) is 0.218. The normalized spacial score (nSPS) is 14.8. The molecule has 3 heteroatoms. The summed E-state index contributed by atoms with van der Waals surface area (Å²) in [6, 6.07) is 45.0. The Morgan fingerprint density at radius 2 is 1.37 bits per heavy atom. The lowest BCUT2D eigenvalue weighted by atomic mass is 9.98. The van der Waals surface area contributed by atoms with Gasteiger partial charge in [0.1, 0.15) is 5.82 Å². The summed E-state index contributed by atoms with van der Waals surface area (Å²) in [6.45, 7) is 5.28. The predicted molar refractivity (Wildman–Crippen MR) is 182 cm³/mol. The van der Waals surface area contributed by atoms with Gasteiger partial charge in [-0.25, -0.2) is 4.98 Å². The number of anilines is 2. The van der Waals surface area contributed by atoms with E-state index in [1.807, 2.05) is 0 Å². The van der Waals surface area contributed by atoms with Gasteiger partial charge in [-0.05, 0) is 53.1 Å². The molecule has 0 aliphatic carbocycles. The highest BCUT2D eigenvalue weighted by molar-refractivity contribution is 6.15. The second kappa shape index (κ2) is 10.3. The van der Waals surface area contributed by atoms with E-state index in [4.69, 9.17) is 4.98 Å². The van der Waals surface area contributed by atoms with Crippen LogP contribution in [0.3, 0.4) is 0 Å². The van der Waals surface area contributed by atoms with Crippen molar-refractivity contribution in [2.45, 2.75) is 0 Å². The molecular weight excluding hydrogens is 522 g/mol. The highest BCUT2D eigenvalue weighted by Gasteiger charge is 2.24. The topological polar surface area (TPSA) is 21.1 Å². The van der Waals surface area contributed by atoms with Crippen LogP contribution < -0.4 is 4.90 Å². The van der Waals surface area contributed by atoms with Gasteiger partial charge in [-0.3, -0.25) is 0 Å². The molecule has 0 saturated carbocycles. The van der Waals surface area contributed by atoms with Crippen molar-refractivity contribution in [3.8, 4) is 16.8 Å². The first-order valence-electron chi connectivity index (χ1n) is 14.6. The Morgan fingerprint density at radius 1 is 0.651 bits per heavy atom. The molecule has 3 nitrogen and oxygen atoms in total. The van der Waals surface area contributed by atoms with E-state index in [9.17, 15) is 0 Å². The van der Waals surface area contributed by atoms with E-state index in [0.29, 0.717) is 6.54 Å². The third kappa shape index (κ3) is 4.17. The second-order valence-corrected chi connectivity index (χ2v) is 10.9. The Labute approximate surface area is 251 Å². The largest absolute Gasteiger partial charge is 0.322 e. The van der Waals surface area contributed by atoms with Gasteiger partial charge in [0.25, 0.3) is 0 Å². The third-order valence-corrected chi connectivity index (χ3v) is 8.34. The molecule has 0 radical (unpaired) electrons. The number of hydrogen-bond acceptors (Lipinski definition) is 2. The molecule has 2 aromatic heterocycles. The average molecular weight is 552 g/mol. The molecule has 0 atom stereocenters. The Morgan fingerprint density at radius 3 is 2.21 bits per heavy atom. The summed E-state index contributed by atoms with van der Waals surface area (Å²) < 4.78 is 2.38. The number of hydrogen-bond donors (Lipinski definition) is 0. The number of nitrogens with zero attached hydrogens (tertiary/aromatic N) is 3. The fourth-order valence-electron chi connectivity index (χ4n) is 6.41. The van der Waals surface area contributed by atoms with Crippen LogP contribution in [0.5, 0.6) is 0 Å². The smallest absolute Gasteiger partial charge is 0.134 e. The molecule has 1 aliphatic rings. The van der Waals surface area contributed by atoms with Gasteiger partial charge in [0.15, 0.2) is 0 Å². The SMILES string of the molecule is C=C1/C=C\C=C/CN(c2cc(-c3ccccc3)c3ccccc3n2)c2ccc3c4ccccc4n(-c4ccccc4)c3c21. The van der Waals surface area contributed by atoms with E-state index < -0.39 is 0 Å². The number of aromatic nitrogens is 2. The Hall–Kier alpha value is -5.67. The molecule has 0 spiro atoms. The summed E-state index contributed by atoms with van der Waals surface area (Å²) in [6.07, 6.45) is 8.50.